The van der Waals surface area contributed by atoms with Gasteiger partial charge in [-0.05, 0) is 31.5 Å². The van der Waals surface area contributed by atoms with E-state index in [1.54, 1.807) is 18.3 Å². The fourth-order valence-corrected chi connectivity index (χ4v) is 1.74. The van der Waals surface area contributed by atoms with E-state index in [0.717, 1.165) is 18.7 Å². The number of aromatic carboxylic acids is 1. The van der Waals surface area contributed by atoms with Crippen molar-refractivity contribution in [2.45, 2.75) is 19.9 Å². The number of carboxylic acids is 1. The number of aryl methyl sites for hydroxylation is 2. The summed E-state index contributed by atoms with van der Waals surface area (Å²) < 4.78 is 1.84. The van der Waals surface area contributed by atoms with Gasteiger partial charge in [0.1, 0.15) is 11.4 Å². The Labute approximate surface area is 111 Å². The maximum Gasteiger partial charge on any atom is 0.339 e. The maximum atomic E-state index is 11.1. The van der Waals surface area contributed by atoms with Crippen molar-refractivity contribution in [3.63, 3.8) is 0 Å². The van der Waals surface area contributed by atoms with Crippen LogP contribution in [0.5, 0.6) is 0 Å². The lowest BCUT2D eigenvalue weighted by Gasteiger charge is -2.09. The second-order valence-corrected chi connectivity index (χ2v) is 4.20. The molecule has 2 N–H and O–H groups in total. The molecule has 0 saturated carbocycles. The molecular weight excluding hydrogens is 244 g/mol. The predicted octanol–water partition coefficient (Wildman–Crippen LogP) is 1.79. The van der Waals surface area contributed by atoms with Crippen molar-refractivity contribution in [1.29, 1.82) is 0 Å². The van der Waals surface area contributed by atoms with Crippen molar-refractivity contribution in [3.05, 3.63) is 41.9 Å². The number of carbonyl (C=O) groups is 1. The summed E-state index contributed by atoms with van der Waals surface area (Å²) in [6.45, 7) is 3.27. The van der Waals surface area contributed by atoms with E-state index in [2.05, 4.69) is 15.4 Å². The van der Waals surface area contributed by atoms with Crippen LogP contribution in [0.25, 0.3) is 0 Å². The van der Waals surface area contributed by atoms with E-state index in [1.165, 1.54) is 0 Å². The van der Waals surface area contributed by atoms with Crippen molar-refractivity contribution in [2.75, 3.05) is 11.9 Å². The second-order valence-electron chi connectivity index (χ2n) is 4.20. The summed E-state index contributed by atoms with van der Waals surface area (Å²) in [5, 5.41) is 16.2. The molecule has 0 spiro atoms. The van der Waals surface area contributed by atoms with E-state index in [4.69, 9.17) is 5.11 Å². The number of carboxylic acid groups (broad SMARTS) is 1. The standard InChI is InChI=1S/C13H16N4O2/c1-10-4-5-11(13(18)19)12(16-10)14-6-2-8-17-9-3-7-15-17/h3-5,7,9H,2,6,8H2,1H3,(H,14,16)(H,18,19). The van der Waals surface area contributed by atoms with Crippen LogP contribution in [0.1, 0.15) is 22.5 Å². The average Bonchev–Trinajstić information content (AvgIpc) is 2.87. The van der Waals surface area contributed by atoms with Gasteiger partial charge in [-0.2, -0.15) is 5.10 Å². The molecule has 6 nitrogen and oxygen atoms in total. The zero-order chi connectivity index (χ0) is 13.7. The zero-order valence-electron chi connectivity index (χ0n) is 10.7. The third-order valence-electron chi connectivity index (χ3n) is 2.68. The van der Waals surface area contributed by atoms with Gasteiger partial charge in [-0.25, -0.2) is 9.78 Å². The molecule has 0 atom stereocenters. The van der Waals surface area contributed by atoms with E-state index in [1.807, 2.05) is 23.9 Å². The molecule has 0 saturated heterocycles. The van der Waals surface area contributed by atoms with E-state index in [9.17, 15) is 4.79 Å². The fraction of sp³-hybridized carbons (Fsp3) is 0.308. The molecule has 2 aromatic rings. The van der Waals surface area contributed by atoms with Gasteiger partial charge in [0.15, 0.2) is 0 Å². The number of rotatable bonds is 6. The molecule has 19 heavy (non-hydrogen) atoms. The number of hydrogen-bond donors (Lipinski definition) is 2. The monoisotopic (exact) mass is 260 g/mol. The summed E-state index contributed by atoms with van der Waals surface area (Å²) >= 11 is 0. The highest BCUT2D eigenvalue weighted by atomic mass is 16.4. The highest BCUT2D eigenvalue weighted by Gasteiger charge is 2.10. The topological polar surface area (TPSA) is 80.0 Å². The molecule has 0 amide bonds. The largest absolute Gasteiger partial charge is 0.478 e. The summed E-state index contributed by atoms with van der Waals surface area (Å²) in [6.07, 6.45) is 4.47. The van der Waals surface area contributed by atoms with Crippen molar-refractivity contribution in [3.8, 4) is 0 Å². The Morgan fingerprint density at radius 1 is 1.47 bits per heavy atom. The SMILES string of the molecule is Cc1ccc(C(=O)O)c(NCCCn2cccn2)n1. The molecule has 0 unspecified atom stereocenters. The third kappa shape index (κ3) is 3.54. The zero-order valence-corrected chi connectivity index (χ0v) is 10.7. The van der Waals surface area contributed by atoms with Gasteiger partial charge >= 0.3 is 5.97 Å². The first-order valence-electron chi connectivity index (χ1n) is 6.09. The van der Waals surface area contributed by atoms with Crippen molar-refractivity contribution >= 4 is 11.8 Å². The van der Waals surface area contributed by atoms with Crippen LogP contribution in [0.15, 0.2) is 30.6 Å². The van der Waals surface area contributed by atoms with Gasteiger partial charge in [-0.1, -0.05) is 0 Å². The van der Waals surface area contributed by atoms with Crippen molar-refractivity contribution in [2.24, 2.45) is 0 Å². The Morgan fingerprint density at radius 2 is 2.32 bits per heavy atom. The number of anilines is 1. The van der Waals surface area contributed by atoms with E-state index in [-0.39, 0.29) is 5.56 Å². The van der Waals surface area contributed by atoms with Crippen molar-refractivity contribution < 1.29 is 9.90 Å². The van der Waals surface area contributed by atoms with Crippen LogP contribution in [-0.2, 0) is 6.54 Å². The lowest BCUT2D eigenvalue weighted by Crippen LogP contribution is -2.12. The number of aromatic nitrogens is 3. The van der Waals surface area contributed by atoms with Crippen LogP contribution in [0.3, 0.4) is 0 Å². The van der Waals surface area contributed by atoms with Crippen LogP contribution >= 0.6 is 0 Å². The Bertz CT molecular complexity index is 552. The maximum absolute atomic E-state index is 11.1. The smallest absolute Gasteiger partial charge is 0.339 e. The average molecular weight is 260 g/mol. The van der Waals surface area contributed by atoms with Crippen LogP contribution in [0, 0.1) is 6.92 Å². The van der Waals surface area contributed by atoms with Crippen LogP contribution in [-0.4, -0.2) is 32.4 Å². The molecule has 0 aliphatic rings. The van der Waals surface area contributed by atoms with E-state index < -0.39 is 5.97 Å². The molecule has 2 heterocycles. The Balaban J connectivity index is 1.91. The van der Waals surface area contributed by atoms with Gasteiger partial charge in [0, 0.05) is 31.2 Å². The molecule has 2 aromatic heterocycles. The first-order chi connectivity index (χ1) is 9.16. The normalized spacial score (nSPS) is 10.4. The minimum atomic E-state index is -0.970. The summed E-state index contributed by atoms with van der Waals surface area (Å²) in [5.74, 6) is -0.546. The molecule has 0 aliphatic heterocycles. The van der Waals surface area contributed by atoms with Gasteiger partial charge < -0.3 is 10.4 Å². The summed E-state index contributed by atoms with van der Waals surface area (Å²) in [4.78, 5) is 15.3. The first-order valence-corrected chi connectivity index (χ1v) is 6.09. The second kappa shape index (κ2) is 5.99. The number of nitrogens with one attached hydrogen (secondary N) is 1. The minimum Gasteiger partial charge on any atom is -0.478 e. The quantitative estimate of drug-likeness (QED) is 0.774. The van der Waals surface area contributed by atoms with Crippen molar-refractivity contribution in [1.82, 2.24) is 14.8 Å². The highest BCUT2D eigenvalue weighted by Crippen LogP contribution is 2.13. The third-order valence-corrected chi connectivity index (χ3v) is 2.68. The van der Waals surface area contributed by atoms with Crippen LogP contribution in [0.4, 0.5) is 5.82 Å². The molecule has 0 bridgehead atoms. The number of nitrogens with zero attached hydrogens (tertiary/aromatic N) is 3. The molecule has 0 aromatic carbocycles. The molecular formula is C13H16N4O2. The molecule has 100 valence electrons. The van der Waals surface area contributed by atoms with Gasteiger partial charge in [-0.15, -0.1) is 0 Å². The molecule has 6 heteroatoms. The van der Waals surface area contributed by atoms with E-state index >= 15 is 0 Å². The van der Waals surface area contributed by atoms with Crippen LogP contribution < -0.4 is 5.32 Å². The number of pyridine rings is 1. The lowest BCUT2D eigenvalue weighted by molar-refractivity contribution is 0.0697. The summed E-state index contributed by atoms with van der Waals surface area (Å²) in [5.41, 5.74) is 0.990. The summed E-state index contributed by atoms with van der Waals surface area (Å²) in [6, 6.07) is 5.14. The van der Waals surface area contributed by atoms with Crippen LogP contribution in [0.2, 0.25) is 0 Å². The molecule has 2 rings (SSSR count). The highest BCUT2D eigenvalue weighted by molar-refractivity contribution is 5.93. The fourth-order valence-electron chi connectivity index (χ4n) is 1.74. The molecule has 0 aliphatic carbocycles. The van der Waals surface area contributed by atoms with Gasteiger partial charge in [0.05, 0.1) is 0 Å². The van der Waals surface area contributed by atoms with Gasteiger partial charge in [0.25, 0.3) is 0 Å². The first kappa shape index (κ1) is 13.1. The van der Waals surface area contributed by atoms with Gasteiger partial charge in [0.2, 0.25) is 0 Å². The van der Waals surface area contributed by atoms with Gasteiger partial charge in [-0.3, -0.25) is 4.68 Å². The predicted molar refractivity (Wildman–Crippen MR) is 71.3 cm³/mol. The summed E-state index contributed by atoms with van der Waals surface area (Å²) in [7, 11) is 0. The number of hydrogen-bond acceptors (Lipinski definition) is 4. The Hall–Kier alpha value is -2.37. The minimum absolute atomic E-state index is 0.199. The lowest BCUT2D eigenvalue weighted by atomic mass is 10.2. The Kier molecular flexibility index (Phi) is 4.12. The Morgan fingerprint density at radius 3 is 3.00 bits per heavy atom. The van der Waals surface area contributed by atoms with E-state index in [0.29, 0.717) is 12.4 Å². The molecule has 0 fully saturated rings. The molecule has 0 radical (unpaired) electrons.